The van der Waals surface area contributed by atoms with Crippen molar-refractivity contribution in [2.24, 2.45) is 5.16 Å². The predicted octanol–water partition coefficient (Wildman–Crippen LogP) is 4.70. The SMILES string of the molecule is O/N=c1/cc(-c2ccc(Cl)cc2)oc2ccc(Cl)cc12. The summed E-state index contributed by atoms with van der Waals surface area (Å²) in [5, 5.41) is 14.7. The fourth-order valence-electron chi connectivity index (χ4n) is 1.98. The summed E-state index contributed by atoms with van der Waals surface area (Å²) in [6.45, 7) is 0. The monoisotopic (exact) mass is 305 g/mol. The van der Waals surface area contributed by atoms with Gasteiger partial charge in [-0.1, -0.05) is 28.4 Å². The fraction of sp³-hybridized carbons (Fsp3) is 0. The van der Waals surface area contributed by atoms with Crippen LogP contribution in [0, 0.1) is 0 Å². The van der Waals surface area contributed by atoms with Gasteiger partial charge in [-0.3, -0.25) is 0 Å². The maximum absolute atomic E-state index is 9.16. The van der Waals surface area contributed by atoms with E-state index in [1.807, 2.05) is 12.1 Å². The quantitative estimate of drug-likeness (QED) is 0.523. The Balaban J connectivity index is 2.28. The van der Waals surface area contributed by atoms with Crippen LogP contribution in [0.15, 0.2) is 58.1 Å². The molecule has 1 heterocycles. The normalized spacial score (nSPS) is 12.0. The van der Waals surface area contributed by atoms with Gasteiger partial charge in [0.05, 0.1) is 0 Å². The highest BCUT2D eigenvalue weighted by molar-refractivity contribution is 6.31. The number of benzene rings is 2. The summed E-state index contributed by atoms with van der Waals surface area (Å²) >= 11 is 11.8. The number of rotatable bonds is 1. The minimum Gasteiger partial charge on any atom is -0.456 e. The molecule has 2 aromatic carbocycles. The second-order valence-corrected chi connectivity index (χ2v) is 5.12. The van der Waals surface area contributed by atoms with Gasteiger partial charge in [-0.25, -0.2) is 0 Å². The second kappa shape index (κ2) is 5.19. The van der Waals surface area contributed by atoms with Crippen molar-refractivity contribution in [3.05, 3.63) is 63.9 Å². The van der Waals surface area contributed by atoms with Crippen LogP contribution < -0.4 is 5.36 Å². The van der Waals surface area contributed by atoms with Gasteiger partial charge in [-0.15, -0.1) is 0 Å². The second-order valence-electron chi connectivity index (χ2n) is 4.24. The summed E-state index contributed by atoms with van der Waals surface area (Å²) in [7, 11) is 0. The lowest BCUT2D eigenvalue weighted by atomic mass is 10.1. The molecule has 0 atom stereocenters. The molecule has 0 fully saturated rings. The molecule has 1 N–H and O–H groups in total. The van der Waals surface area contributed by atoms with Crippen molar-refractivity contribution in [2.75, 3.05) is 0 Å². The molecule has 5 heteroatoms. The maximum Gasteiger partial charge on any atom is 0.137 e. The lowest BCUT2D eigenvalue weighted by Crippen LogP contribution is -2.03. The van der Waals surface area contributed by atoms with Crippen LogP contribution in [0.1, 0.15) is 0 Å². The molecule has 0 aliphatic carbocycles. The van der Waals surface area contributed by atoms with Crippen molar-refractivity contribution in [2.45, 2.75) is 0 Å². The highest BCUT2D eigenvalue weighted by atomic mass is 35.5. The zero-order valence-corrected chi connectivity index (χ0v) is 11.7. The van der Waals surface area contributed by atoms with Crippen LogP contribution in [0.4, 0.5) is 0 Å². The summed E-state index contributed by atoms with van der Waals surface area (Å²) in [5.74, 6) is 0.587. The van der Waals surface area contributed by atoms with E-state index >= 15 is 0 Å². The van der Waals surface area contributed by atoms with Crippen LogP contribution in [-0.2, 0) is 0 Å². The molecule has 100 valence electrons. The number of hydrogen-bond acceptors (Lipinski definition) is 3. The Morgan fingerprint density at radius 2 is 1.60 bits per heavy atom. The fourth-order valence-corrected chi connectivity index (χ4v) is 2.28. The standard InChI is InChI=1S/C15H9Cl2NO2/c16-10-3-1-9(2-4-10)15-8-13(18-19)12-7-11(17)5-6-14(12)20-15/h1-8,19H/b18-13-. The van der Waals surface area contributed by atoms with Gasteiger partial charge in [0.15, 0.2) is 0 Å². The van der Waals surface area contributed by atoms with Crippen molar-refractivity contribution in [1.29, 1.82) is 0 Å². The number of halogens is 2. The lowest BCUT2D eigenvalue weighted by Gasteiger charge is -2.04. The van der Waals surface area contributed by atoms with Crippen molar-refractivity contribution in [3.8, 4) is 11.3 Å². The average Bonchev–Trinajstić information content (AvgIpc) is 2.47. The van der Waals surface area contributed by atoms with Gasteiger partial charge in [0, 0.05) is 27.1 Å². The Hall–Kier alpha value is -1.97. The average molecular weight is 306 g/mol. The Morgan fingerprint density at radius 1 is 0.900 bits per heavy atom. The van der Waals surface area contributed by atoms with Crippen LogP contribution in [0.25, 0.3) is 22.3 Å². The summed E-state index contributed by atoms with van der Waals surface area (Å²) < 4.78 is 5.81. The molecule has 3 rings (SSSR count). The Morgan fingerprint density at radius 3 is 2.30 bits per heavy atom. The molecule has 1 aromatic heterocycles. The highest BCUT2D eigenvalue weighted by Crippen LogP contribution is 2.25. The third-order valence-corrected chi connectivity index (χ3v) is 3.43. The molecule has 0 saturated heterocycles. The van der Waals surface area contributed by atoms with Gasteiger partial charge in [0.2, 0.25) is 0 Å². The van der Waals surface area contributed by atoms with Crippen LogP contribution in [0.5, 0.6) is 0 Å². The molecule has 0 bridgehead atoms. The molecule has 0 aliphatic rings. The molecule has 0 aliphatic heterocycles. The minimum atomic E-state index is 0.402. The first-order chi connectivity index (χ1) is 9.67. The van der Waals surface area contributed by atoms with Crippen molar-refractivity contribution in [3.63, 3.8) is 0 Å². The van der Waals surface area contributed by atoms with E-state index in [-0.39, 0.29) is 0 Å². The van der Waals surface area contributed by atoms with E-state index < -0.39 is 0 Å². The van der Waals surface area contributed by atoms with Crippen molar-refractivity contribution in [1.82, 2.24) is 0 Å². The first-order valence-electron chi connectivity index (χ1n) is 5.85. The van der Waals surface area contributed by atoms with Crippen LogP contribution in [0.3, 0.4) is 0 Å². The number of hydrogen-bond donors (Lipinski definition) is 1. The van der Waals surface area contributed by atoms with E-state index in [0.717, 1.165) is 5.56 Å². The van der Waals surface area contributed by atoms with Crippen molar-refractivity contribution < 1.29 is 9.62 Å². The van der Waals surface area contributed by atoms with E-state index in [4.69, 9.17) is 32.8 Å². The van der Waals surface area contributed by atoms with E-state index in [1.54, 1.807) is 36.4 Å². The minimum absolute atomic E-state index is 0.402. The summed E-state index contributed by atoms with van der Waals surface area (Å²) in [5.41, 5.74) is 1.44. The Labute approximate surface area is 124 Å². The summed E-state index contributed by atoms with van der Waals surface area (Å²) in [4.78, 5) is 0. The lowest BCUT2D eigenvalue weighted by molar-refractivity contribution is 0.302. The smallest absolute Gasteiger partial charge is 0.137 e. The van der Waals surface area contributed by atoms with E-state index in [1.165, 1.54) is 0 Å². The first kappa shape index (κ1) is 13.0. The zero-order chi connectivity index (χ0) is 14.1. The van der Waals surface area contributed by atoms with Crippen molar-refractivity contribution >= 4 is 34.2 Å². The third-order valence-electron chi connectivity index (χ3n) is 2.94. The van der Waals surface area contributed by atoms with Crippen LogP contribution >= 0.6 is 23.2 Å². The topological polar surface area (TPSA) is 45.7 Å². The molecular weight excluding hydrogens is 297 g/mol. The predicted molar refractivity (Wildman–Crippen MR) is 79.0 cm³/mol. The van der Waals surface area contributed by atoms with Gasteiger partial charge in [0.1, 0.15) is 16.7 Å². The van der Waals surface area contributed by atoms with E-state index in [2.05, 4.69) is 5.16 Å². The van der Waals surface area contributed by atoms with Gasteiger partial charge in [-0.05, 0) is 42.5 Å². The zero-order valence-electron chi connectivity index (χ0n) is 10.2. The molecule has 0 radical (unpaired) electrons. The summed E-state index contributed by atoms with van der Waals surface area (Å²) in [6, 6.07) is 14.0. The molecule has 0 unspecified atom stereocenters. The number of fused-ring (bicyclic) bond motifs is 1. The molecule has 0 spiro atoms. The van der Waals surface area contributed by atoms with Gasteiger partial charge < -0.3 is 9.62 Å². The molecule has 0 saturated carbocycles. The third kappa shape index (κ3) is 2.38. The first-order valence-corrected chi connectivity index (χ1v) is 6.60. The Kier molecular flexibility index (Phi) is 3.38. The summed E-state index contributed by atoms with van der Waals surface area (Å²) in [6.07, 6.45) is 0. The maximum atomic E-state index is 9.16. The van der Waals surface area contributed by atoms with Gasteiger partial charge in [0.25, 0.3) is 0 Å². The molecule has 0 amide bonds. The molecule has 20 heavy (non-hydrogen) atoms. The largest absolute Gasteiger partial charge is 0.456 e. The van der Waals surface area contributed by atoms with E-state index in [0.29, 0.717) is 32.1 Å². The van der Waals surface area contributed by atoms with Crippen LogP contribution in [-0.4, -0.2) is 5.21 Å². The van der Waals surface area contributed by atoms with E-state index in [9.17, 15) is 0 Å². The number of nitrogens with zero attached hydrogens (tertiary/aromatic N) is 1. The highest BCUT2D eigenvalue weighted by Gasteiger charge is 2.06. The molecule has 3 aromatic rings. The molecule has 3 nitrogen and oxygen atoms in total. The van der Waals surface area contributed by atoms with Gasteiger partial charge >= 0.3 is 0 Å². The Bertz CT molecular complexity index is 839. The van der Waals surface area contributed by atoms with Gasteiger partial charge in [-0.2, -0.15) is 0 Å². The molecular formula is C15H9Cl2NO2. The van der Waals surface area contributed by atoms with Crippen LogP contribution in [0.2, 0.25) is 10.0 Å².